The van der Waals surface area contributed by atoms with E-state index in [9.17, 15) is 0 Å². The van der Waals surface area contributed by atoms with Gasteiger partial charge in [-0.1, -0.05) is 29.8 Å². The van der Waals surface area contributed by atoms with Crippen molar-refractivity contribution in [1.82, 2.24) is 19.9 Å². The van der Waals surface area contributed by atoms with Crippen molar-refractivity contribution in [3.63, 3.8) is 0 Å². The zero-order valence-electron chi connectivity index (χ0n) is 13.1. The van der Waals surface area contributed by atoms with Gasteiger partial charge < -0.3 is 10.6 Å². The Bertz CT molecular complexity index is 832. The zero-order valence-corrected chi connectivity index (χ0v) is 13.9. The molecular weight excluding hydrogens is 342 g/mol. The first-order valence-electron chi connectivity index (χ1n) is 7.50. The molecule has 0 radical (unpaired) electrons. The lowest BCUT2D eigenvalue weighted by molar-refractivity contribution is 0.382. The Kier molecular flexibility index (Phi) is 5.55. The zero-order chi connectivity index (χ0) is 17.5. The molecule has 0 spiro atoms. The van der Waals surface area contributed by atoms with E-state index in [4.69, 9.17) is 16.8 Å². The van der Waals surface area contributed by atoms with Crippen LogP contribution in [0.5, 0.6) is 0 Å². The second-order valence-electron chi connectivity index (χ2n) is 5.12. The minimum Gasteiger partial charge on any atom is -0.350 e. The van der Waals surface area contributed by atoms with Gasteiger partial charge in [0.15, 0.2) is 0 Å². The number of nitrogens with one attached hydrogen (secondary N) is 3. The Hall–Kier alpha value is -2.97. The number of aromatic nitrogens is 4. The normalized spacial score (nSPS) is 10.3. The predicted molar refractivity (Wildman–Crippen MR) is 95.6 cm³/mol. The van der Waals surface area contributed by atoms with Gasteiger partial charge in [-0.2, -0.15) is 15.0 Å². The summed E-state index contributed by atoms with van der Waals surface area (Å²) in [5.74, 6) is 0.682. The molecule has 0 saturated heterocycles. The third kappa shape index (κ3) is 5.00. The van der Waals surface area contributed by atoms with Gasteiger partial charge >= 0.3 is 0 Å². The van der Waals surface area contributed by atoms with Crippen molar-refractivity contribution in [3.05, 3.63) is 64.9 Å². The maximum atomic E-state index is 9.11. The molecule has 0 aliphatic rings. The van der Waals surface area contributed by atoms with Crippen molar-refractivity contribution in [3.8, 4) is 0 Å². The Morgan fingerprint density at radius 1 is 0.880 bits per heavy atom. The molecule has 0 amide bonds. The molecule has 9 heteroatoms. The highest BCUT2D eigenvalue weighted by atomic mass is 35.5. The lowest BCUT2D eigenvalue weighted by Gasteiger charge is -2.10. The van der Waals surface area contributed by atoms with Gasteiger partial charge in [-0.05, 0) is 29.3 Å². The molecule has 3 aromatic rings. The summed E-state index contributed by atoms with van der Waals surface area (Å²) in [7, 11) is 0. The smallest absolute Gasteiger partial charge is 0.253 e. The minimum absolute atomic E-state index is 0.0391. The standard InChI is InChI=1S/C16H16ClN7O/c17-13-5-1-3-11(7-13)9-19-14-21-15(23-16(22-14)24-25)20-10-12-4-2-6-18-8-12/h1-8,25H,9-10H2,(H3,19,20,21,22,23,24). The molecule has 0 bridgehead atoms. The van der Waals surface area contributed by atoms with Crippen molar-refractivity contribution < 1.29 is 5.21 Å². The number of hydrogen-bond donors (Lipinski definition) is 4. The number of pyridine rings is 1. The largest absolute Gasteiger partial charge is 0.350 e. The Morgan fingerprint density at radius 3 is 2.20 bits per heavy atom. The van der Waals surface area contributed by atoms with Crippen LogP contribution in [0, 0.1) is 0 Å². The predicted octanol–water partition coefficient (Wildman–Crippen LogP) is 2.95. The van der Waals surface area contributed by atoms with Crippen LogP contribution in [0.2, 0.25) is 5.02 Å². The highest BCUT2D eigenvalue weighted by molar-refractivity contribution is 6.30. The molecular formula is C16H16ClN7O. The highest BCUT2D eigenvalue weighted by Crippen LogP contribution is 2.14. The quantitative estimate of drug-likeness (QED) is 0.478. The van der Waals surface area contributed by atoms with E-state index in [1.807, 2.05) is 41.9 Å². The van der Waals surface area contributed by atoms with Crippen LogP contribution in [0.3, 0.4) is 0 Å². The van der Waals surface area contributed by atoms with Crippen LogP contribution in [0.15, 0.2) is 48.8 Å². The van der Waals surface area contributed by atoms with Gasteiger partial charge in [0.2, 0.25) is 11.9 Å². The van der Waals surface area contributed by atoms with E-state index in [-0.39, 0.29) is 5.95 Å². The molecule has 0 saturated carbocycles. The first-order valence-corrected chi connectivity index (χ1v) is 7.88. The van der Waals surface area contributed by atoms with Crippen LogP contribution in [0.25, 0.3) is 0 Å². The number of rotatable bonds is 7. The Balaban J connectivity index is 1.68. The summed E-state index contributed by atoms with van der Waals surface area (Å²) in [6, 6.07) is 11.2. The molecule has 0 atom stereocenters. The third-order valence-corrected chi connectivity index (χ3v) is 3.48. The van der Waals surface area contributed by atoms with Gasteiger partial charge in [0.25, 0.3) is 5.95 Å². The maximum absolute atomic E-state index is 9.11. The van der Waals surface area contributed by atoms with Crippen LogP contribution in [0.4, 0.5) is 17.8 Å². The Labute approximate surface area is 149 Å². The van der Waals surface area contributed by atoms with Crippen molar-refractivity contribution in [2.75, 3.05) is 16.1 Å². The molecule has 0 fully saturated rings. The molecule has 1 aromatic carbocycles. The minimum atomic E-state index is 0.0391. The van der Waals surface area contributed by atoms with Gasteiger partial charge in [-0.3, -0.25) is 10.2 Å². The van der Waals surface area contributed by atoms with Crippen molar-refractivity contribution in [1.29, 1.82) is 0 Å². The first-order chi connectivity index (χ1) is 12.2. The summed E-state index contributed by atoms with van der Waals surface area (Å²) < 4.78 is 0. The van der Waals surface area contributed by atoms with Crippen LogP contribution in [-0.2, 0) is 13.1 Å². The summed E-state index contributed by atoms with van der Waals surface area (Å²) >= 11 is 5.97. The lowest BCUT2D eigenvalue weighted by Crippen LogP contribution is -2.11. The van der Waals surface area contributed by atoms with E-state index < -0.39 is 0 Å². The molecule has 8 nitrogen and oxygen atoms in total. The van der Waals surface area contributed by atoms with Crippen molar-refractivity contribution in [2.24, 2.45) is 0 Å². The fraction of sp³-hybridized carbons (Fsp3) is 0.125. The topological polar surface area (TPSA) is 108 Å². The maximum Gasteiger partial charge on any atom is 0.253 e. The van der Waals surface area contributed by atoms with Crippen LogP contribution >= 0.6 is 11.6 Å². The number of benzene rings is 1. The van der Waals surface area contributed by atoms with Gasteiger partial charge in [0.1, 0.15) is 0 Å². The molecule has 128 valence electrons. The molecule has 2 heterocycles. The van der Waals surface area contributed by atoms with Crippen LogP contribution in [0.1, 0.15) is 11.1 Å². The monoisotopic (exact) mass is 357 g/mol. The molecule has 0 unspecified atom stereocenters. The van der Waals surface area contributed by atoms with Crippen molar-refractivity contribution in [2.45, 2.75) is 13.1 Å². The summed E-state index contributed by atoms with van der Waals surface area (Å²) in [4.78, 5) is 16.5. The van der Waals surface area contributed by atoms with E-state index in [0.29, 0.717) is 30.0 Å². The van der Waals surface area contributed by atoms with Gasteiger partial charge in [0.05, 0.1) is 0 Å². The number of nitrogens with zero attached hydrogens (tertiary/aromatic N) is 4. The highest BCUT2D eigenvalue weighted by Gasteiger charge is 2.06. The average molecular weight is 358 g/mol. The van der Waals surface area contributed by atoms with Crippen molar-refractivity contribution >= 4 is 29.4 Å². The molecule has 2 aromatic heterocycles. The van der Waals surface area contributed by atoms with E-state index in [1.165, 1.54) is 0 Å². The van der Waals surface area contributed by atoms with E-state index >= 15 is 0 Å². The summed E-state index contributed by atoms with van der Waals surface area (Å²) in [5.41, 5.74) is 3.90. The summed E-state index contributed by atoms with van der Waals surface area (Å²) in [5, 5.41) is 15.9. The van der Waals surface area contributed by atoms with Gasteiger partial charge in [-0.15, -0.1) is 0 Å². The van der Waals surface area contributed by atoms with E-state index in [0.717, 1.165) is 11.1 Å². The van der Waals surface area contributed by atoms with Crippen LogP contribution in [-0.4, -0.2) is 25.1 Å². The molecule has 3 rings (SSSR count). The second kappa shape index (κ2) is 8.22. The number of halogens is 1. The van der Waals surface area contributed by atoms with E-state index in [2.05, 4.69) is 30.6 Å². The SMILES string of the molecule is ONc1nc(NCc2cccnc2)nc(NCc2cccc(Cl)c2)n1. The molecule has 4 N–H and O–H groups in total. The van der Waals surface area contributed by atoms with Gasteiger partial charge in [0, 0.05) is 30.5 Å². The number of anilines is 3. The van der Waals surface area contributed by atoms with E-state index in [1.54, 1.807) is 12.4 Å². The fourth-order valence-electron chi connectivity index (χ4n) is 2.10. The molecule has 0 aliphatic heterocycles. The summed E-state index contributed by atoms with van der Waals surface area (Å²) in [6.07, 6.45) is 3.45. The molecule has 0 aliphatic carbocycles. The second-order valence-corrected chi connectivity index (χ2v) is 5.55. The molecule has 25 heavy (non-hydrogen) atoms. The lowest BCUT2D eigenvalue weighted by atomic mass is 10.2. The van der Waals surface area contributed by atoms with Crippen LogP contribution < -0.4 is 16.1 Å². The van der Waals surface area contributed by atoms with Gasteiger partial charge in [-0.25, -0.2) is 5.48 Å². The third-order valence-electron chi connectivity index (χ3n) is 3.25. The fourth-order valence-corrected chi connectivity index (χ4v) is 2.31. The average Bonchev–Trinajstić information content (AvgIpc) is 2.65. The first kappa shape index (κ1) is 16.9. The Morgan fingerprint density at radius 2 is 1.56 bits per heavy atom. The number of hydrogen-bond acceptors (Lipinski definition) is 8. The summed E-state index contributed by atoms with van der Waals surface area (Å²) in [6.45, 7) is 0.980.